The first-order chi connectivity index (χ1) is 66.8. The third-order valence-electron chi connectivity index (χ3n) is 29.8. The maximum Gasteiger partial charge on any atom is 0.140 e. The van der Waals surface area contributed by atoms with Gasteiger partial charge in [0.05, 0.1) is 76.9 Å². The van der Waals surface area contributed by atoms with Crippen LogP contribution in [0.2, 0.25) is 0 Å². The Kier molecular flexibility index (Phi) is 35.2. The van der Waals surface area contributed by atoms with Gasteiger partial charge in [0.15, 0.2) is 0 Å². The van der Waals surface area contributed by atoms with Gasteiger partial charge in [0.2, 0.25) is 0 Å². The number of para-hydroxylation sites is 4. The van der Waals surface area contributed by atoms with Gasteiger partial charge in [-0.3, -0.25) is 4.90 Å². The fourth-order valence-electron chi connectivity index (χ4n) is 20.5. The molecule has 18 rings (SSSR count). The number of aromatic nitrogens is 8. The summed E-state index contributed by atoms with van der Waals surface area (Å²) in [7, 11) is 19.3. The smallest absolute Gasteiger partial charge is 0.140 e. The summed E-state index contributed by atoms with van der Waals surface area (Å²) >= 11 is 0. The van der Waals surface area contributed by atoms with Crippen LogP contribution in [0.5, 0.6) is 23.0 Å². The van der Waals surface area contributed by atoms with E-state index in [9.17, 15) is 5.11 Å². The van der Waals surface area contributed by atoms with Crippen molar-refractivity contribution in [3.05, 3.63) is 215 Å². The van der Waals surface area contributed by atoms with Crippen molar-refractivity contribution in [1.29, 1.82) is 0 Å². The van der Waals surface area contributed by atoms with Crippen LogP contribution in [0.3, 0.4) is 0 Å². The Morgan fingerprint density at radius 2 is 0.657 bits per heavy atom. The van der Waals surface area contributed by atoms with E-state index in [1.807, 2.05) is 25.2 Å². The lowest BCUT2D eigenvalue weighted by molar-refractivity contribution is 0.0393. The summed E-state index contributed by atoms with van der Waals surface area (Å²) in [4.78, 5) is 61.7. The minimum absolute atomic E-state index is 0.126. The normalized spacial score (nSPS) is 16.8. The zero-order chi connectivity index (χ0) is 96.0. The first-order valence-electron chi connectivity index (χ1n) is 50.8. The molecule has 6 fully saturated rings. The number of hydrogen-bond donors (Lipinski definition) is 1. The number of aliphatic hydroxyl groups excluding tert-OH is 1. The predicted octanol–water partition coefficient (Wildman–Crippen LogP) is 21.6. The van der Waals surface area contributed by atoms with Gasteiger partial charge < -0.3 is 72.7 Å². The average Bonchev–Trinajstić information content (AvgIpc) is 1.55. The Balaban J connectivity index is 0.000000139. The molecule has 9 heterocycles. The number of anilines is 8. The molecule has 0 radical (unpaired) electrons. The second-order valence-corrected chi connectivity index (χ2v) is 38.7. The molecule has 3 atom stereocenters. The van der Waals surface area contributed by atoms with Crippen molar-refractivity contribution in [2.24, 2.45) is 0 Å². The van der Waals surface area contributed by atoms with E-state index in [4.69, 9.17) is 68.3 Å². The van der Waals surface area contributed by atoms with E-state index in [0.29, 0.717) is 60.5 Å². The molecule has 1 N–H and O–H groups in total. The summed E-state index contributed by atoms with van der Waals surface area (Å²) in [5.74, 6) is 15.7. The quantitative estimate of drug-likeness (QED) is 0.0428. The number of likely N-dealkylation sites (N-methyl/N-ethyl adjacent to an activating group) is 3. The third-order valence-corrected chi connectivity index (χ3v) is 29.8. The highest BCUT2D eigenvalue weighted by molar-refractivity contribution is 5.96. The largest absolute Gasteiger partial charge is 0.496 e. The van der Waals surface area contributed by atoms with Gasteiger partial charge in [-0.2, -0.15) is 0 Å². The number of ether oxygens (including phenoxy) is 6. The lowest BCUT2D eigenvalue weighted by Crippen LogP contribution is -2.40. The van der Waals surface area contributed by atoms with Crippen LogP contribution >= 0.6 is 0 Å². The van der Waals surface area contributed by atoms with Crippen LogP contribution in [-0.4, -0.2) is 239 Å². The van der Waals surface area contributed by atoms with Gasteiger partial charge in [-0.1, -0.05) is 127 Å². The lowest BCUT2D eigenvalue weighted by Gasteiger charge is -2.34. The number of morpholine rings is 1. The summed E-state index contributed by atoms with van der Waals surface area (Å²) in [6.45, 7) is 29.1. The van der Waals surface area contributed by atoms with Crippen molar-refractivity contribution in [1.82, 2.24) is 44.8 Å². The molecule has 0 amide bonds. The number of hydrogen-bond acceptors (Lipinski definition) is 24. The first-order valence-corrected chi connectivity index (χ1v) is 50.8. The van der Waals surface area contributed by atoms with Crippen LogP contribution in [0.1, 0.15) is 231 Å². The Hall–Kier alpha value is -11.4. The number of nitrogens with zero attached hydrogens (tertiary/aromatic N) is 17. The van der Waals surface area contributed by atoms with Crippen molar-refractivity contribution >= 4 is 89.6 Å². The number of aliphatic hydroxyl groups is 1. The summed E-state index contributed by atoms with van der Waals surface area (Å²) < 4.78 is 33.4. The average molecular weight is 1860 g/mol. The molecular weight excluding hydrogens is 1710 g/mol. The molecule has 5 aliphatic heterocycles. The van der Waals surface area contributed by atoms with Gasteiger partial charge in [0, 0.05) is 202 Å². The van der Waals surface area contributed by atoms with E-state index in [0.717, 1.165) is 288 Å². The Morgan fingerprint density at radius 3 is 0.978 bits per heavy atom. The SMILES string of the molecule is CCC(C)c1nc(N2CCC(c3ccccc3OC)CC2)c2cc(N(C)C)ccc2n1.CCC(C)c1nc(N2CCC(c3ccccc3OC)CC2)c2cc(N(C)CCO)ccc2n1.CCC(C)c1nc(N2CCC(c3ccccc3OC)CC2)c2cc(N(C)CCOC)ccc2n1.COc1ccccc1C1CCN(c2nc(C3CCCC3)nc3ccc(N(C)CCN4CCOCC4)cc23)CC1. The van der Waals surface area contributed by atoms with Gasteiger partial charge in [-0.15, -0.1) is 0 Å². The van der Waals surface area contributed by atoms with Crippen molar-refractivity contribution < 1.29 is 33.5 Å². The van der Waals surface area contributed by atoms with E-state index in [1.54, 1.807) is 35.5 Å². The van der Waals surface area contributed by atoms with Crippen molar-refractivity contribution in [2.45, 2.75) is 185 Å². The Morgan fingerprint density at radius 1 is 0.350 bits per heavy atom. The third kappa shape index (κ3) is 24.3. The highest BCUT2D eigenvalue weighted by Crippen LogP contribution is 2.45. The minimum atomic E-state index is 0.126. The second kappa shape index (κ2) is 48.2. The lowest BCUT2D eigenvalue weighted by atomic mass is 9.88. The molecule has 730 valence electrons. The fraction of sp³-hybridized carbons (Fsp3) is 0.504. The van der Waals surface area contributed by atoms with E-state index >= 15 is 0 Å². The molecule has 4 aromatic heterocycles. The van der Waals surface area contributed by atoms with E-state index in [2.05, 4.69) is 265 Å². The van der Waals surface area contributed by atoms with Gasteiger partial charge in [-0.05, 0) is 226 Å². The molecule has 8 aromatic carbocycles. The molecule has 1 aliphatic carbocycles. The van der Waals surface area contributed by atoms with E-state index in [1.165, 1.54) is 64.7 Å². The molecule has 24 heteroatoms. The number of benzene rings is 8. The van der Waals surface area contributed by atoms with Crippen LogP contribution in [0, 0.1) is 0 Å². The monoisotopic (exact) mass is 1860 g/mol. The molecule has 12 aromatic rings. The zero-order valence-corrected chi connectivity index (χ0v) is 84.6. The van der Waals surface area contributed by atoms with Crippen LogP contribution in [0.4, 0.5) is 46.0 Å². The predicted molar refractivity (Wildman–Crippen MR) is 565 cm³/mol. The molecule has 24 nitrogen and oxygen atoms in total. The number of methoxy groups -OCH3 is 5. The second-order valence-electron chi connectivity index (χ2n) is 38.7. The van der Waals surface area contributed by atoms with E-state index < -0.39 is 0 Å². The van der Waals surface area contributed by atoms with Crippen LogP contribution < -0.4 is 58.1 Å². The molecule has 0 spiro atoms. The zero-order valence-electron chi connectivity index (χ0n) is 84.6. The fourth-order valence-corrected chi connectivity index (χ4v) is 20.5. The first kappa shape index (κ1) is 100. The maximum atomic E-state index is 9.37. The molecular formula is C113H151N17O7. The molecule has 137 heavy (non-hydrogen) atoms. The van der Waals surface area contributed by atoms with Gasteiger partial charge in [0.25, 0.3) is 0 Å². The molecule has 3 unspecified atom stereocenters. The Bertz CT molecular complexity index is 5880. The van der Waals surface area contributed by atoms with Gasteiger partial charge in [-0.25, -0.2) is 39.9 Å². The minimum Gasteiger partial charge on any atom is -0.496 e. The van der Waals surface area contributed by atoms with Crippen LogP contribution in [-0.2, 0) is 9.47 Å². The van der Waals surface area contributed by atoms with Gasteiger partial charge in [0.1, 0.15) is 69.6 Å². The maximum absolute atomic E-state index is 9.37. The summed E-state index contributed by atoms with van der Waals surface area (Å²) in [5, 5.41) is 13.9. The summed E-state index contributed by atoms with van der Waals surface area (Å²) in [5.41, 5.74) is 14.1. The Labute approximate surface area is 814 Å². The topological polar surface area (TPSA) is 208 Å². The summed E-state index contributed by atoms with van der Waals surface area (Å²) in [6.07, 6.45) is 16.8. The highest BCUT2D eigenvalue weighted by Gasteiger charge is 2.34. The molecule has 0 bridgehead atoms. The molecule has 5 saturated heterocycles. The molecule has 1 saturated carbocycles. The molecule has 6 aliphatic rings. The van der Waals surface area contributed by atoms with E-state index in [-0.39, 0.29) is 6.61 Å². The van der Waals surface area contributed by atoms with Crippen LogP contribution in [0.15, 0.2) is 170 Å². The van der Waals surface area contributed by atoms with Crippen molar-refractivity contribution in [2.75, 3.05) is 228 Å². The van der Waals surface area contributed by atoms with Crippen molar-refractivity contribution in [3.8, 4) is 23.0 Å². The number of piperidine rings is 4. The summed E-state index contributed by atoms with van der Waals surface area (Å²) in [6, 6.07) is 60.0. The number of rotatable bonds is 31. The number of fused-ring (bicyclic) bond motifs is 4. The highest BCUT2D eigenvalue weighted by atomic mass is 16.5. The van der Waals surface area contributed by atoms with Crippen LogP contribution in [0.25, 0.3) is 43.6 Å². The van der Waals surface area contributed by atoms with Crippen molar-refractivity contribution in [3.63, 3.8) is 0 Å². The van der Waals surface area contributed by atoms with Gasteiger partial charge >= 0.3 is 0 Å². The standard InChI is InChI=1S/C32H43N5O2.C28H38N4O2.C27H36N4O2.C26H34N4O/c1-35(17-18-36-19-21-39-22-20-36)26-11-12-29-28(23-26)32(34-31(33-29)25-7-3-4-8-25)37-15-13-24(14-16-37)27-9-5-6-10-30(27)38-2;1-6-20(2)27-29-25-12-11-22(31(3)17-18-33-4)19-24(25)28(30-27)32-15-13-21(14-16-32)23-9-7-8-10-26(23)34-5;1-5-19(2)26-28-24-11-10-21(30(3)16-17-32)18-23(24)27(29-26)31-14-12-20(13-15-31)22-8-6-7-9-25(22)33-4;1-6-18(2)25-27-23-12-11-20(29(3)4)17-22(23)26(28-25)30-15-13-19(14-16-30)21-9-7-8-10-24(21)31-5/h5-6,9-12,23-25H,3-4,7-8,13-22H2,1-2H3;7-12,19-21H,6,13-18H2,1-5H3;6-11,18-20,32H,5,12-17H2,1-4H3;7-12,17-19H,6,13-16H2,1-5H3.